The highest BCUT2D eigenvalue weighted by Crippen LogP contribution is 2.44. The van der Waals surface area contributed by atoms with E-state index in [1.807, 2.05) is 6.92 Å². The van der Waals surface area contributed by atoms with Crippen molar-refractivity contribution in [1.29, 1.82) is 0 Å². The van der Waals surface area contributed by atoms with E-state index in [0.29, 0.717) is 70.6 Å². The molecule has 0 aromatic rings. The Hall–Kier alpha value is -5.46. The molecule has 12 atom stereocenters. The van der Waals surface area contributed by atoms with Crippen LogP contribution in [0.25, 0.3) is 0 Å². The highest BCUT2D eigenvalue weighted by molar-refractivity contribution is 6.21. The second-order valence-electron chi connectivity index (χ2n) is 28.0. The zero-order valence-corrected chi connectivity index (χ0v) is 57.0. The molecule has 518 valence electrons. The van der Waals surface area contributed by atoms with Crippen LogP contribution >= 0.6 is 23.2 Å². The van der Waals surface area contributed by atoms with E-state index in [1.165, 1.54) is 69.4 Å². The van der Waals surface area contributed by atoms with Crippen LogP contribution in [0.2, 0.25) is 0 Å². The van der Waals surface area contributed by atoms with Crippen molar-refractivity contribution in [3.63, 3.8) is 0 Å². The SMILES string of the molecule is CC[C@H](C)[C@@H]1NC(=O)[C@H](C)N(C)C(=O)C[C@@H](C)NC(=O)[C@H](C2CCCC2)N(C)C(=O)C2(CCCC2)NC(=O)[C@@H]2CCCN2C(=O)[C@H](CCC2CCC(C(F)(F)F)C(Cl)C2)NC(=O)CN(C)C(=O)[C@H](CC2CCC(Cl)CC2)N(C)C(=O)[C@@H]2CCCN2C(=O)CN(C)C1=O. The zero-order valence-electron chi connectivity index (χ0n) is 55.5. The van der Waals surface area contributed by atoms with Gasteiger partial charge >= 0.3 is 6.18 Å². The molecule has 7 rings (SSSR count). The van der Waals surface area contributed by atoms with Gasteiger partial charge < -0.3 is 55.6 Å². The molecule has 1 spiro atoms. The van der Waals surface area contributed by atoms with Gasteiger partial charge in [0, 0.05) is 71.5 Å². The predicted molar refractivity (Wildman–Crippen MR) is 339 cm³/mol. The average Bonchev–Trinajstić information content (AvgIpc) is 1.52. The number of likely N-dealkylation sites (N-methyl/N-ethyl adjacent to an activating group) is 5. The van der Waals surface area contributed by atoms with Crippen molar-refractivity contribution in [3.8, 4) is 0 Å². The molecule has 4 saturated carbocycles. The predicted octanol–water partition coefficient (Wildman–Crippen LogP) is 5.48. The summed E-state index contributed by atoms with van der Waals surface area (Å²) in [6.45, 7) is 6.02. The van der Waals surface area contributed by atoms with Crippen LogP contribution in [-0.2, 0) is 52.7 Å². The second kappa shape index (κ2) is 32.3. The molecule has 3 heterocycles. The number of carbonyl (C=O) groups is 11. The first-order valence-electron chi connectivity index (χ1n) is 33.8. The van der Waals surface area contributed by atoms with Crippen LogP contribution in [0, 0.1) is 29.6 Å². The maximum absolute atomic E-state index is 15.2. The van der Waals surface area contributed by atoms with E-state index in [9.17, 15) is 56.3 Å². The second-order valence-corrected chi connectivity index (χ2v) is 29.2. The van der Waals surface area contributed by atoms with Gasteiger partial charge in [-0.3, -0.25) is 52.7 Å². The zero-order chi connectivity index (χ0) is 67.7. The first kappa shape index (κ1) is 73.9. The van der Waals surface area contributed by atoms with Gasteiger partial charge in [-0.1, -0.05) is 46.0 Å². The first-order valence-corrected chi connectivity index (χ1v) is 34.7. The smallest absolute Gasteiger partial charge is 0.351 e. The van der Waals surface area contributed by atoms with Crippen LogP contribution in [0.15, 0.2) is 0 Å². The topological polar surface area (TPSA) is 259 Å². The molecule has 7 fully saturated rings. The maximum atomic E-state index is 15.2. The number of amides is 11. The number of hydrogen-bond donors (Lipinski definition) is 4. The van der Waals surface area contributed by atoms with E-state index in [2.05, 4.69) is 21.3 Å². The summed E-state index contributed by atoms with van der Waals surface area (Å²) in [7, 11) is 7.31. The van der Waals surface area contributed by atoms with Crippen LogP contribution < -0.4 is 21.3 Å². The van der Waals surface area contributed by atoms with E-state index >= 15 is 9.59 Å². The third kappa shape index (κ3) is 17.9. The van der Waals surface area contributed by atoms with E-state index < -0.39 is 155 Å². The Morgan fingerprint density at radius 3 is 1.83 bits per heavy atom. The summed E-state index contributed by atoms with van der Waals surface area (Å²) in [5.74, 6) is -9.11. The molecule has 22 nitrogen and oxygen atoms in total. The van der Waals surface area contributed by atoms with Crippen molar-refractivity contribution in [2.45, 2.75) is 253 Å². The minimum Gasteiger partial charge on any atom is -0.351 e. The summed E-state index contributed by atoms with van der Waals surface area (Å²) in [5, 5.41) is 10.4. The van der Waals surface area contributed by atoms with Gasteiger partial charge in [-0.05, 0) is 153 Å². The van der Waals surface area contributed by atoms with Crippen molar-refractivity contribution in [2.75, 3.05) is 61.4 Å². The molecule has 0 aromatic carbocycles. The normalized spacial score (nSPS) is 33.2. The maximum Gasteiger partial charge on any atom is 0.393 e. The summed E-state index contributed by atoms with van der Waals surface area (Å²) in [5.41, 5.74) is -1.46. The Labute approximate surface area is 550 Å². The molecule has 3 aliphatic heterocycles. The van der Waals surface area contributed by atoms with Crippen molar-refractivity contribution in [2.24, 2.45) is 29.6 Å². The third-order valence-electron chi connectivity index (χ3n) is 21.5. The van der Waals surface area contributed by atoms with E-state index in [4.69, 9.17) is 23.2 Å². The summed E-state index contributed by atoms with van der Waals surface area (Å²) >= 11 is 12.9. The van der Waals surface area contributed by atoms with Gasteiger partial charge in [-0.25, -0.2) is 0 Å². The van der Waals surface area contributed by atoms with E-state index in [0.717, 1.165) is 12.8 Å². The Kier molecular flexibility index (Phi) is 26.0. The number of alkyl halides is 5. The fraction of sp³-hybridized carbons (Fsp3) is 0.831. The molecule has 7 aliphatic rings. The highest BCUT2D eigenvalue weighted by Gasteiger charge is 2.52. The van der Waals surface area contributed by atoms with Gasteiger partial charge in [-0.15, -0.1) is 23.2 Å². The lowest BCUT2D eigenvalue weighted by Crippen LogP contribution is -2.64. The molecule has 4 aliphatic carbocycles. The fourth-order valence-corrected chi connectivity index (χ4v) is 16.2. The molecule has 27 heteroatoms. The lowest BCUT2D eigenvalue weighted by molar-refractivity contribution is -0.182. The quantitative estimate of drug-likeness (QED) is 0.221. The molecular weight excluding hydrogens is 1240 g/mol. The summed E-state index contributed by atoms with van der Waals surface area (Å²) in [6.07, 6.45) is 4.57. The van der Waals surface area contributed by atoms with Crippen LogP contribution in [0.3, 0.4) is 0 Å². The number of halogens is 5. The van der Waals surface area contributed by atoms with Crippen LogP contribution in [-0.4, -0.2) is 231 Å². The molecule has 0 bridgehead atoms. The minimum absolute atomic E-state index is 0.0133. The molecule has 4 N–H and O–H groups in total. The molecule has 92 heavy (non-hydrogen) atoms. The van der Waals surface area contributed by atoms with Gasteiger partial charge in [-0.2, -0.15) is 13.2 Å². The van der Waals surface area contributed by atoms with Crippen molar-refractivity contribution >= 4 is 88.2 Å². The number of hydrogen-bond acceptors (Lipinski definition) is 11. The van der Waals surface area contributed by atoms with E-state index in [1.54, 1.807) is 20.9 Å². The number of nitrogens with zero attached hydrogens (tertiary/aromatic N) is 7. The molecule has 0 aromatic heterocycles. The van der Waals surface area contributed by atoms with Gasteiger partial charge in [0.25, 0.3) is 0 Å². The molecule has 3 unspecified atom stereocenters. The van der Waals surface area contributed by atoms with Crippen molar-refractivity contribution < 1.29 is 65.9 Å². The van der Waals surface area contributed by atoms with Gasteiger partial charge in [0.15, 0.2) is 0 Å². The standard InChI is InChI=1S/C65H102Cl2F3N11O11/c1-10-38(2)54-62(91)76(6)37-53(84)80-31-16-20-49(80)61(90)78(8)50(35-42-21-25-44(66)26-22-42)60(89)75(5)36-51(82)72-47(28-24-41-23-27-45(46(67)34-41)65(68,69)70)59(88)81-32-15-19-48(81)57(86)74-64(29-13-14-30-64)63(92)79(9)55(43-17-11-12-18-43)58(87)71-39(3)33-52(83)77(7)40(4)56(85)73-54/h38-50,54-55H,10-37H2,1-9H3,(H,71,87)(H,72,82)(H,73,85)(H,74,86)/t38-,39+,40-,41?,42?,44?,45?,46?,47-,48-,49-,50-,54-,55-/m0/s1. The largest absolute Gasteiger partial charge is 0.393 e. The van der Waals surface area contributed by atoms with Gasteiger partial charge in [0.2, 0.25) is 65.0 Å². The number of rotatable bonds is 8. The molecular formula is C65H102Cl2F3N11O11. The Balaban J connectivity index is 1.21. The van der Waals surface area contributed by atoms with Gasteiger partial charge in [0.1, 0.15) is 47.8 Å². The summed E-state index contributed by atoms with van der Waals surface area (Å²) < 4.78 is 41.8. The number of carbonyl (C=O) groups excluding carboxylic acids is 11. The Morgan fingerprint density at radius 1 is 0.598 bits per heavy atom. The molecule has 0 radical (unpaired) electrons. The third-order valence-corrected chi connectivity index (χ3v) is 22.4. The van der Waals surface area contributed by atoms with E-state index in [-0.39, 0.29) is 107 Å². The highest BCUT2D eigenvalue weighted by atomic mass is 35.5. The monoisotopic (exact) mass is 1340 g/mol. The summed E-state index contributed by atoms with van der Waals surface area (Å²) in [4.78, 5) is 170. The lowest BCUT2D eigenvalue weighted by atomic mass is 9.78. The van der Waals surface area contributed by atoms with Crippen molar-refractivity contribution in [3.05, 3.63) is 0 Å². The molecule has 3 saturated heterocycles. The number of nitrogens with one attached hydrogen (secondary N) is 4. The summed E-state index contributed by atoms with van der Waals surface area (Å²) in [6, 6.07) is -8.54. The van der Waals surface area contributed by atoms with Gasteiger partial charge in [0.05, 0.1) is 19.0 Å². The Morgan fingerprint density at radius 2 is 1.21 bits per heavy atom. The lowest BCUT2D eigenvalue weighted by Gasteiger charge is -2.40. The fourth-order valence-electron chi connectivity index (χ4n) is 15.5. The van der Waals surface area contributed by atoms with Crippen LogP contribution in [0.5, 0.6) is 0 Å². The average molecular weight is 1340 g/mol. The minimum atomic E-state index is -4.50. The first-order chi connectivity index (χ1) is 43.4. The van der Waals surface area contributed by atoms with Crippen LogP contribution in [0.4, 0.5) is 13.2 Å². The number of fused-ring (bicyclic) bond motifs is 2. The van der Waals surface area contributed by atoms with Crippen molar-refractivity contribution in [1.82, 2.24) is 55.6 Å². The Bertz CT molecular complexity index is 2680. The molecule has 11 amide bonds. The van der Waals surface area contributed by atoms with Crippen LogP contribution in [0.1, 0.15) is 182 Å².